The molecule has 3 N–H and O–H groups in total. The van der Waals surface area contributed by atoms with Crippen molar-refractivity contribution in [3.63, 3.8) is 0 Å². The monoisotopic (exact) mass is 363 g/mol. The Morgan fingerprint density at radius 2 is 1.74 bits per heavy atom. The third-order valence-corrected chi connectivity index (χ3v) is 4.22. The lowest BCUT2D eigenvalue weighted by molar-refractivity contribution is 0.603. The molecule has 0 saturated carbocycles. The minimum Gasteiger partial charge on any atom is -0.384 e. The first-order chi connectivity index (χ1) is 13.0. The van der Waals surface area contributed by atoms with Crippen molar-refractivity contribution >= 4 is 22.5 Å². The molecule has 27 heavy (non-hydrogen) atoms. The van der Waals surface area contributed by atoms with Crippen LogP contribution in [0.2, 0.25) is 0 Å². The number of nitrogens with zero attached hydrogens (tertiary/aromatic N) is 3. The van der Waals surface area contributed by atoms with E-state index in [1.54, 1.807) is 43.6 Å². The highest BCUT2D eigenvalue weighted by Crippen LogP contribution is 2.30. The van der Waals surface area contributed by atoms with Gasteiger partial charge in [-0.3, -0.25) is 0 Å². The van der Waals surface area contributed by atoms with Crippen LogP contribution in [0, 0.1) is 11.6 Å². The Hall–Kier alpha value is -3.61. The molecule has 0 fully saturated rings. The number of aromatic nitrogens is 3. The number of halogens is 2. The topological polar surface area (TPSA) is 76.7 Å². The lowest BCUT2D eigenvalue weighted by Crippen LogP contribution is -2.00. The molecule has 4 rings (SSSR count). The zero-order valence-corrected chi connectivity index (χ0v) is 14.4. The lowest BCUT2D eigenvalue weighted by atomic mass is 10.0. The van der Waals surface area contributed by atoms with Crippen molar-refractivity contribution in [2.75, 3.05) is 18.1 Å². The first-order valence-corrected chi connectivity index (χ1v) is 8.22. The number of hydrogen-bond acceptors (Lipinski definition) is 5. The molecule has 7 heteroatoms. The molecule has 0 spiro atoms. The number of rotatable bonds is 3. The van der Waals surface area contributed by atoms with Crippen molar-refractivity contribution in [2.24, 2.45) is 0 Å². The molecule has 0 atom stereocenters. The molecule has 2 heterocycles. The summed E-state index contributed by atoms with van der Waals surface area (Å²) in [5, 5.41) is 3.81. The van der Waals surface area contributed by atoms with Crippen molar-refractivity contribution in [2.45, 2.75) is 0 Å². The summed E-state index contributed by atoms with van der Waals surface area (Å²) in [5.74, 6) is 0.479. The highest BCUT2D eigenvalue weighted by Gasteiger charge is 2.12. The van der Waals surface area contributed by atoms with Crippen molar-refractivity contribution in [3.8, 4) is 22.5 Å². The summed E-state index contributed by atoms with van der Waals surface area (Å²) in [5.41, 5.74) is 7.64. The Bertz CT molecular complexity index is 1140. The van der Waals surface area contributed by atoms with E-state index >= 15 is 0 Å². The average Bonchev–Trinajstić information content (AvgIpc) is 2.69. The predicted octanol–water partition coefficient (Wildman–Crippen LogP) is 4.26. The van der Waals surface area contributed by atoms with Crippen LogP contribution >= 0.6 is 0 Å². The minimum absolute atomic E-state index is 0.178. The summed E-state index contributed by atoms with van der Waals surface area (Å²) in [6.07, 6.45) is 1.59. The van der Waals surface area contributed by atoms with Crippen LogP contribution in [0.1, 0.15) is 0 Å². The van der Waals surface area contributed by atoms with Gasteiger partial charge < -0.3 is 11.1 Å². The van der Waals surface area contributed by atoms with Crippen LogP contribution < -0.4 is 11.1 Å². The Morgan fingerprint density at radius 3 is 2.48 bits per heavy atom. The van der Waals surface area contributed by atoms with Crippen LogP contribution in [0.4, 0.5) is 20.4 Å². The fourth-order valence-corrected chi connectivity index (χ4v) is 2.87. The maximum atomic E-state index is 14.2. The Labute approximate surface area is 153 Å². The molecule has 0 saturated heterocycles. The second-order valence-electron chi connectivity index (χ2n) is 5.97. The van der Waals surface area contributed by atoms with Crippen LogP contribution in [0.25, 0.3) is 33.4 Å². The quantitative estimate of drug-likeness (QED) is 0.569. The van der Waals surface area contributed by atoms with E-state index in [4.69, 9.17) is 5.73 Å². The molecule has 0 radical (unpaired) electrons. The van der Waals surface area contributed by atoms with E-state index in [0.29, 0.717) is 34.1 Å². The number of nitrogens with one attached hydrogen (secondary N) is 1. The van der Waals surface area contributed by atoms with E-state index in [9.17, 15) is 8.78 Å². The van der Waals surface area contributed by atoms with Crippen LogP contribution in [0.15, 0.2) is 54.7 Å². The van der Waals surface area contributed by atoms with Gasteiger partial charge >= 0.3 is 0 Å². The van der Waals surface area contributed by atoms with Gasteiger partial charge in [0.15, 0.2) is 5.82 Å². The maximum Gasteiger partial charge on any atom is 0.163 e. The third-order valence-electron chi connectivity index (χ3n) is 4.22. The fourth-order valence-electron chi connectivity index (χ4n) is 2.87. The van der Waals surface area contributed by atoms with Crippen molar-refractivity contribution in [3.05, 3.63) is 66.4 Å². The van der Waals surface area contributed by atoms with Crippen molar-refractivity contribution < 1.29 is 8.78 Å². The summed E-state index contributed by atoms with van der Waals surface area (Å²) < 4.78 is 27.7. The summed E-state index contributed by atoms with van der Waals surface area (Å²) in [7, 11) is 1.76. The van der Waals surface area contributed by atoms with E-state index in [2.05, 4.69) is 20.3 Å². The molecule has 0 bridgehead atoms. The molecular weight excluding hydrogens is 348 g/mol. The van der Waals surface area contributed by atoms with E-state index < -0.39 is 11.6 Å². The van der Waals surface area contributed by atoms with E-state index in [-0.39, 0.29) is 5.56 Å². The summed E-state index contributed by atoms with van der Waals surface area (Å²) in [6, 6.07) is 12.0. The number of fused-ring (bicyclic) bond motifs is 1. The zero-order valence-electron chi connectivity index (χ0n) is 14.4. The molecule has 0 aliphatic carbocycles. The van der Waals surface area contributed by atoms with Gasteiger partial charge in [-0.2, -0.15) is 0 Å². The van der Waals surface area contributed by atoms with Crippen LogP contribution in [-0.4, -0.2) is 22.0 Å². The minimum atomic E-state index is -0.501. The van der Waals surface area contributed by atoms with Gasteiger partial charge in [-0.05, 0) is 48.0 Å². The Balaban J connectivity index is 1.91. The number of pyridine rings is 1. The molecule has 2 aromatic heterocycles. The van der Waals surface area contributed by atoms with E-state index in [1.165, 1.54) is 6.07 Å². The number of nitrogen functional groups attached to an aromatic ring is 1. The predicted molar refractivity (Wildman–Crippen MR) is 102 cm³/mol. The van der Waals surface area contributed by atoms with Gasteiger partial charge in [0.1, 0.15) is 23.3 Å². The van der Waals surface area contributed by atoms with Gasteiger partial charge in [0.25, 0.3) is 0 Å². The zero-order chi connectivity index (χ0) is 19.0. The Kier molecular flexibility index (Phi) is 4.12. The van der Waals surface area contributed by atoms with E-state index in [0.717, 1.165) is 17.5 Å². The van der Waals surface area contributed by atoms with Gasteiger partial charge in [-0.25, -0.2) is 23.7 Å². The standard InChI is InChI=1S/C20H15F2N5/c1-24-20-14-5-2-11(15-9-13(21)4-6-16(15)22)8-17(14)26-19(27-20)12-3-7-18(23)25-10-12/h2-10H,1H3,(H2,23,25)(H,24,26,27). The molecule has 0 amide bonds. The number of anilines is 2. The van der Waals surface area contributed by atoms with Gasteiger partial charge in [0.05, 0.1) is 5.52 Å². The number of hydrogen-bond donors (Lipinski definition) is 2. The van der Waals surface area contributed by atoms with Crippen LogP contribution in [0.5, 0.6) is 0 Å². The third kappa shape index (κ3) is 3.15. The highest BCUT2D eigenvalue weighted by molar-refractivity contribution is 5.93. The molecule has 0 unspecified atom stereocenters. The fraction of sp³-hybridized carbons (Fsp3) is 0.0500. The number of nitrogens with two attached hydrogens (primary N) is 1. The second-order valence-corrected chi connectivity index (χ2v) is 5.97. The number of benzene rings is 2. The van der Waals surface area contributed by atoms with Crippen LogP contribution in [-0.2, 0) is 0 Å². The summed E-state index contributed by atoms with van der Waals surface area (Å²) >= 11 is 0. The first kappa shape index (κ1) is 16.8. The van der Waals surface area contributed by atoms with Gasteiger partial charge in [0.2, 0.25) is 0 Å². The van der Waals surface area contributed by atoms with E-state index in [1.807, 2.05) is 0 Å². The maximum absolute atomic E-state index is 14.2. The Morgan fingerprint density at radius 1 is 0.926 bits per heavy atom. The van der Waals surface area contributed by atoms with Gasteiger partial charge in [0, 0.05) is 29.8 Å². The second kappa shape index (κ2) is 6.60. The molecular formula is C20H15F2N5. The highest BCUT2D eigenvalue weighted by atomic mass is 19.1. The largest absolute Gasteiger partial charge is 0.384 e. The summed E-state index contributed by atoms with van der Waals surface area (Å²) in [6.45, 7) is 0. The normalized spacial score (nSPS) is 10.9. The van der Waals surface area contributed by atoms with Crippen molar-refractivity contribution in [1.29, 1.82) is 0 Å². The van der Waals surface area contributed by atoms with Crippen molar-refractivity contribution in [1.82, 2.24) is 15.0 Å². The molecule has 134 valence electrons. The molecule has 0 aliphatic rings. The molecule has 0 aliphatic heterocycles. The smallest absolute Gasteiger partial charge is 0.163 e. The first-order valence-electron chi connectivity index (χ1n) is 8.22. The lowest BCUT2D eigenvalue weighted by Gasteiger charge is -2.10. The van der Waals surface area contributed by atoms with Gasteiger partial charge in [-0.15, -0.1) is 0 Å². The molecule has 5 nitrogen and oxygen atoms in total. The molecule has 4 aromatic rings. The SMILES string of the molecule is CNc1nc(-c2ccc(N)nc2)nc2cc(-c3cc(F)ccc3F)ccc12. The van der Waals surface area contributed by atoms with Gasteiger partial charge in [-0.1, -0.05) is 6.07 Å². The van der Waals surface area contributed by atoms with Crippen LogP contribution in [0.3, 0.4) is 0 Å². The average molecular weight is 363 g/mol. The summed E-state index contributed by atoms with van der Waals surface area (Å²) in [4.78, 5) is 13.2. The molecule has 2 aromatic carbocycles.